The Morgan fingerprint density at radius 3 is 1.31 bits per heavy atom. The summed E-state index contributed by atoms with van der Waals surface area (Å²) in [6, 6.07) is 0. The molecule has 0 rings (SSSR count). The maximum Gasteiger partial charge on any atom is 0.313 e. The molecule has 0 aromatic rings. The molecule has 0 aliphatic rings. The van der Waals surface area contributed by atoms with Gasteiger partial charge >= 0.3 is 11.9 Å². The van der Waals surface area contributed by atoms with E-state index in [0.717, 1.165) is 6.42 Å². The van der Waals surface area contributed by atoms with Crippen LogP contribution in [0.15, 0.2) is 0 Å². The molecule has 4 N–H and O–H groups in total. The quantitative estimate of drug-likeness (QED) is 0.320. The maximum absolute atomic E-state index is 9.29. The van der Waals surface area contributed by atoms with E-state index in [9.17, 15) is 9.59 Å². The number of hydrogen-bond donors (Lipinski definition) is 6. The summed E-state index contributed by atoms with van der Waals surface area (Å²) >= 11 is 6.83. The summed E-state index contributed by atoms with van der Waals surface area (Å²) in [5, 5.41) is 31.5. The van der Waals surface area contributed by atoms with Crippen LogP contribution in [0, 0.1) is 0 Å². The minimum absolute atomic E-state index is 0.0833. The molecule has 0 fully saturated rings. The van der Waals surface area contributed by atoms with Crippen LogP contribution >= 0.6 is 25.3 Å². The van der Waals surface area contributed by atoms with Gasteiger partial charge in [-0.25, -0.2) is 0 Å². The molecule has 98 valence electrons. The number of aliphatic hydroxyl groups excluding tert-OH is 1. The van der Waals surface area contributed by atoms with E-state index in [-0.39, 0.29) is 11.5 Å². The van der Waals surface area contributed by atoms with Gasteiger partial charge in [-0.1, -0.05) is 13.3 Å². The molecule has 8 heteroatoms. The molecule has 0 amide bonds. The molecule has 0 saturated heterocycles. The highest BCUT2D eigenvalue weighted by molar-refractivity contribution is 7.81. The van der Waals surface area contributed by atoms with E-state index >= 15 is 0 Å². The molecular weight excluding hydrogens is 256 g/mol. The van der Waals surface area contributed by atoms with Gasteiger partial charge in [-0.15, -0.1) is 0 Å². The van der Waals surface area contributed by atoms with Crippen molar-refractivity contribution in [1.82, 2.24) is 0 Å². The molecule has 0 radical (unpaired) electrons. The van der Waals surface area contributed by atoms with Gasteiger partial charge in [0.15, 0.2) is 6.29 Å². The number of carboxylic acid groups (broad SMARTS) is 2. The van der Waals surface area contributed by atoms with Gasteiger partial charge < -0.3 is 20.4 Å². The minimum Gasteiger partial charge on any atom is -0.481 e. The molecule has 0 spiro atoms. The van der Waals surface area contributed by atoms with Crippen LogP contribution < -0.4 is 0 Å². The minimum atomic E-state index is -1.10. The zero-order chi connectivity index (χ0) is 13.6. The van der Waals surface area contributed by atoms with E-state index in [0.29, 0.717) is 6.42 Å². The highest BCUT2D eigenvalue weighted by Crippen LogP contribution is 1.88. The molecule has 0 aromatic carbocycles. The van der Waals surface area contributed by atoms with Crippen molar-refractivity contribution in [2.45, 2.75) is 26.1 Å². The second kappa shape index (κ2) is 17.0. The van der Waals surface area contributed by atoms with E-state index in [1.165, 1.54) is 0 Å². The smallest absolute Gasteiger partial charge is 0.313 e. The van der Waals surface area contributed by atoms with E-state index in [1.807, 2.05) is 6.92 Å². The summed E-state index contributed by atoms with van der Waals surface area (Å²) in [6.45, 7) is 1.90. The van der Waals surface area contributed by atoms with Gasteiger partial charge in [0.1, 0.15) is 0 Å². The van der Waals surface area contributed by atoms with Crippen LogP contribution in [0.5, 0.6) is 0 Å². The van der Waals surface area contributed by atoms with Gasteiger partial charge in [0.05, 0.1) is 11.5 Å². The monoisotopic (exact) mass is 274 g/mol. The first-order chi connectivity index (χ1) is 7.31. The maximum atomic E-state index is 9.29. The fourth-order valence-electron chi connectivity index (χ4n) is 0.258. The van der Waals surface area contributed by atoms with Crippen molar-refractivity contribution < 1.29 is 30.0 Å². The van der Waals surface area contributed by atoms with E-state index in [1.54, 1.807) is 0 Å². The summed E-state index contributed by atoms with van der Waals surface area (Å²) in [7, 11) is 0. The first kappa shape index (κ1) is 20.9. The van der Waals surface area contributed by atoms with Crippen LogP contribution in [-0.4, -0.2) is 50.2 Å². The average molecular weight is 274 g/mol. The number of thiol groups is 2. The second-order valence-corrected chi connectivity index (χ2v) is 3.01. The Bertz CT molecular complexity index is 160. The first-order valence-corrected chi connectivity index (χ1v) is 5.59. The van der Waals surface area contributed by atoms with Crippen molar-refractivity contribution in [3.8, 4) is 0 Å². The lowest BCUT2D eigenvalue weighted by molar-refractivity contribution is -0.134. The molecule has 0 bridgehead atoms. The lowest BCUT2D eigenvalue weighted by atomic mass is 10.3. The Morgan fingerprint density at radius 2 is 1.31 bits per heavy atom. The molecule has 0 aliphatic carbocycles. The average Bonchev–Trinajstić information content (AvgIpc) is 2.19. The molecule has 16 heavy (non-hydrogen) atoms. The number of carboxylic acids is 2. The molecule has 0 saturated carbocycles. The van der Waals surface area contributed by atoms with Crippen LogP contribution in [0.3, 0.4) is 0 Å². The van der Waals surface area contributed by atoms with E-state index in [4.69, 9.17) is 20.4 Å². The van der Waals surface area contributed by atoms with Crippen LogP contribution in [0.4, 0.5) is 0 Å². The third-order valence-electron chi connectivity index (χ3n) is 0.817. The lowest BCUT2D eigenvalue weighted by Gasteiger charge is -1.94. The van der Waals surface area contributed by atoms with Crippen LogP contribution in [0.25, 0.3) is 0 Å². The standard InChI is InChI=1S/C4H10O2.2C2H4O2S/c1-2-3-4(5)6;2*3-2(4)1-5/h4-6H,2-3H2,1H3;2*5H,1H2,(H,3,4). The fourth-order valence-corrected chi connectivity index (χ4v) is 0.258. The zero-order valence-electron chi connectivity index (χ0n) is 8.91. The summed E-state index contributed by atoms with van der Waals surface area (Å²) < 4.78 is 0. The number of hydrogen-bond acceptors (Lipinski definition) is 6. The van der Waals surface area contributed by atoms with Crippen molar-refractivity contribution in [1.29, 1.82) is 0 Å². The Hall–Kier alpha value is -0.440. The van der Waals surface area contributed by atoms with Gasteiger partial charge in [-0.05, 0) is 6.42 Å². The molecule has 0 atom stereocenters. The van der Waals surface area contributed by atoms with Crippen LogP contribution in [0.1, 0.15) is 19.8 Å². The molecule has 0 aromatic heterocycles. The summed E-state index contributed by atoms with van der Waals surface area (Å²) in [5.41, 5.74) is 0. The van der Waals surface area contributed by atoms with E-state index < -0.39 is 18.2 Å². The van der Waals surface area contributed by atoms with Gasteiger partial charge in [0, 0.05) is 0 Å². The van der Waals surface area contributed by atoms with Crippen LogP contribution in [-0.2, 0) is 9.59 Å². The van der Waals surface area contributed by atoms with Gasteiger partial charge in [0.2, 0.25) is 0 Å². The second-order valence-electron chi connectivity index (χ2n) is 2.37. The van der Waals surface area contributed by atoms with Crippen molar-refractivity contribution in [2.75, 3.05) is 11.5 Å². The lowest BCUT2D eigenvalue weighted by Crippen LogP contribution is -2.01. The summed E-state index contributed by atoms with van der Waals surface area (Å²) in [6.07, 6.45) is 0.215. The largest absolute Gasteiger partial charge is 0.481 e. The van der Waals surface area contributed by atoms with Crippen molar-refractivity contribution in [3.63, 3.8) is 0 Å². The van der Waals surface area contributed by atoms with Crippen LogP contribution in [0.2, 0.25) is 0 Å². The first-order valence-electron chi connectivity index (χ1n) is 4.33. The Balaban J connectivity index is -0.000000160. The molecular formula is C8H18O6S2. The van der Waals surface area contributed by atoms with Gasteiger partial charge in [0.25, 0.3) is 0 Å². The normalized spacial score (nSPS) is 8.38. The zero-order valence-corrected chi connectivity index (χ0v) is 10.7. The van der Waals surface area contributed by atoms with Gasteiger partial charge in [-0.2, -0.15) is 25.3 Å². The number of aliphatic carboxylic acids is 2. The summed E-state index contributed by atoms with van der Waals surface area (Å²) in [4.78, 5) is 18.6. The fraction of sp³-hybridized carbons (Fsp3) is 0.750. The number of rotatable bonds is 4. The number of carbonyl (C=O) groups is 2. The van der Waals surface area contributed by atoms with Crippen molar-refractivity contribution in [2.24, 2.45) is 0 Å². The van der Waals surface area contributed by atoms with Crippen molar-refractivity contribution >= 4 is 37.2 Å². The Morgan fingerprint density at radius 1 is 1.06 bits per heavy atom. The predicted molar refractivity (Wildman–Crippen MR) is 66.1 cm³/mol. The predicted octanol–water partition coefficient (Wildman–Crippen LogP) is 0.0988. The molecule has 0 heterocycles. The summed E-state index contributed by atoms with van der Waals surface area (Å²) in [5.74, 6) is -1.93. The Labute approximate surface area is 105 Å². The SMILES string of the molecule is CCCC(O)O.O=C(O)CS.O=C(O)CS. The highest BCUT2D eigenvalue weighted by atomic mass is 32.1. The third kappa shape index (κ3) is 49.7. The number of aliphatic hydroxyl groups is 2. The topological polar surface area (TPSA) is 115 Å². The molecule has 0 aliphatic heterocycles. The molecule has 6 nitrogen and oxygen atoms in total. The highest BCUT2D eigenvalue weighted by Gasteiger charge is 1.89. The van der Waals surface area contributed by atoms with Crippen molar-refractivity contribution in [3.05, 3.63) is 0 Å². The van der Waals surface area contributed by atoms with E-state index in [2.05, 4.69) is 25.3 Å². The third-order valence-corrected chi connectivity index (χ3v) is 1.36. The Kier molecular flexibility index (Phi) is 22.2. The van der Waals surface area contributed by atoms with Gasteiger partial charge in [-0.3, -0.25) is 9.59 Å². The molecule has 0 unspecified atom stereocenters.